The van der Waals surface area contributed by atoms with Crippen LogP contribution in [-0.2, 0) is 26.9 Å². The van der Waals surface area contributed by atoms with Crippen LogP contribution in [-0.4, -0.2) is 85.8 Å². The summed E-state index contributed by atoms with van der Waals surface area (Å²) in [5.41, 5.74) is -0.356. The SMILES string of the molecule is O=C(OCCOCCN1CCOCC1)c1nc(C(F)(F)F)n2c1C=NCC2. The van der Waals surface area contributed by atoms with Gasteiger partial charge in [-0.15, -0.1) is 0 Å². The molecule has 2 aliphatic heterocycles. The molecule has 0 atom stereocenters. The van der Waals surface area contributed by atoms with Crippen LogP contribution in [0.5, 0.6) is 0 Å². The molecule has 0 aromatic carbocycles. The number of rotatable bonds is 7. The van der Waals surface area contributed by atoms with E-state index in [0.717, 1.165) is 24.2 Å². The summed E-state index contributed by atoms with van der Waals surface area (Å²) in [4.78, 5) is 21.7. The molecular weight excluding hydrogens is 369 g/mol. The molecule has 3 heterocycles. The Balaban J connectivity index is 1.47. The van der Waals surface area contributed by atoms with Crippen molar-refractivity contribution in [1.29, 1.82) is 0 Å². The van der Waals surface area contributed by atoms with Crippen molar-refractivity contribution in [2.24, 2.45) is 4.99 Å². The number of hydrogen-bond donors (Lipinski definition) is 0. The van der Waals surface area contributed by atoms with Crippen LogP contribution >= 0.6 is 0 Å². The van der Waals surface area contributed by atoms with Gasteiger partial charge in [-0.1, -0.05) is 0 Å². The number of halogens is 3. The Morgan fingerprint density at radius 2 is 1.96 bits per heavy atom. The van der Waals surface area contributed by atoms with Gasteiger partial charge < -0.3 is 18.8 Å². The Labute approximate surface area is 153 Å². The second-order valence-corrected chi connectivity index (χ2v) is 6.06. The van der Waals surface area contributed by atoms with Gasteiger partial charge in [-0.3, -0.25) is 9.89 Å². The normalized spacial score (nSPS) is 17.7. The van der Waals surface area contributed by atoms with Crippen molar-refractivity contribution in [2.75, 3.05) is 59.2 Å². The second-order valence-electron chi connectivity index (χ2n) is 6.06. The summed E-state index contributed by atoms with van der Waals surface area (Å²) in [6.07, 6.45) is -3.43. The number of fused-ring (bicyclic) bond motifs is 1. The van der Waals surface area contributed by atoms with E-state index in [1.165, 1.54) is 6.21 Å². The second kappa shape index (κ2) is 8.81. The first-order valence-electron chi connectivity index (χ1n) is 8.69. The van der Waals surface area contributed by atoms with E-state index in [2.05, 4.69) is 14.9 Å². The third kappa shape index (κ3) is 5.05. The predicted molar refractivity (Wildman–Crippen MR) is 88.1 cm³/mol. The first kappa shape index (κ1) is 19.8. The van der Waals surface area contributed by atoms with Crippen LogP contribution < -0.4 is 0 Å². The quantitative estimate of drug-likeness (QED) is 0.507. The van der Waals surface area contributed by atoms with E-state index in [4.69, 9.17) is 14.2 Å². The summed E-state index contributed by atoms with van der Waals surface area (Å²) < 4.78 is 55.9. The molecule has 0 amide bonds. The van der Waals surface area contributed by atoms with E-state index in [1.54, 1.807) is 0 Å². The Bertz CT molecular complexity index is 684. The minimum absolute atomic E-state index is 0.0195. The molecule has 150 valence electrons. The van der Waals surface area contributed by atoms with Gasteiger partial charge in [0.15, 0.2) is 5.69 Å². The molecular formula is C16H21F3N4O4. The average molecular weight is 390 g/mol. The van der Waals surface area contributed by atoms with Crippen LogP contribution in [0.2, 0.25) is 0 Å². The molecule has 1 fully saturated rings. The van der Waals surface area contributed by atoms with E-state index in [0.29, 0.717) is 19.8 Å². The van der Waals surface area contributed by atoms with Crippen LogP contribution in [0.15, 0.2) is 4.99 Å². The van der Waals surface area contributed by atoms with E-state index < -0.39 is 18.0 Å². The molecule has 0 saturated carbocycles. The fourth-order valence-corrected chi connectivity index (χ4v) is 2.88. The number of morpholine rings is 1. The zero-order valence-corrected chi connectivity index (χ0v) is 14.7. The predicted octanol–water partition coefficient (Wildman–Crippen LogP) is 0.840. The Kier molecular flexibility index (Phi) is 6.45. The molecule has 2 aliphatic rings. The summed E-state index contributed by atoms with van der Waals surface area (Å²) in [6, 6.07) is 0. The van der Waals surface area contributed by atoms with E-state index in [-0.39, 0.29) is 37.7 Å². The molecule has 1 aromatic heterocycles. The number of aliphatic imine (C=N–C) groups is 1. The zero-order valence-electron chi connectivity index (χ0n) is 14.7. The molecule has 1 saturated heterocycles. The van der Waals surface area contributed by atoms with Crippen LogP contribution in [0, 0.1) is 0 Å². The standard InChI is InChI=1S/C16H21F3N4O4/c17-16(18,19)15-21-13(12-11-20-1-2-23(12)15)14(24)27-10-9-26-8-5-22-3-6-25-7-4-22/h11H,1-10H2. The van der Waals surface area contributed by atoms with Gasteiger partial charge in [-0.2, -0.15) is 13.2 Å². The Morgan fingerprint density at radius 1 is 1.19 bits per heavy atom. The van der Waals surface area contributed by atoms with Gasteiger partial charge in [0.25, 0.3) is 0 Å². The van der Waals surface area contributed by atoms with Crippen molar-refractivity contribution in [2.45, 2.75) is 12.7 Å². The molecule has 0 radical (unpaired) electrons. The number of hydrogen-bond acceptors (Lipinski definition) is 7. The number of imidazole rings is 1. The highest BCUT2D eigenvalue weighted by atomic mass is 19.4. The van der Waals surface area contributed by atoms with E-state index in [1.807, 2.05) is 0 Å². The third-order valence-corrected chi connectivity index (χ3v) is 4.24. The molecule has 8 nitrogen and oxygen atoms in total. The summed E-state index contributed by atoms with van der Waals surface area (Å²) in [6.45, 7) is 4.66. The highest BCUT2D eigenvalue weighted by molar-refractivity contribution is 5.97. The lowest BCUT2D eigenvalue weighted by Gasteiger charge is -2.26. The van der Waals surface area contributed by atoms with Crippen molar-refractivity contribution < 1.29 is 32.2 Å². The fourth-order valence-electron chi connectivity index (χ4n) is 2.88. The molecule has 11 heteroatoms. The van der Waals surface area contributed by atoms with Crippen LogP contribution in [0.3, 0.4) is 0 Å². The van der Waals surface area contributed by atoms with Gasteiger partial charge in [0, 0.05) is 32.4 Å². The fraction of sp³-hybridized carbons (Fsp3) is 0.688. The third-order valence-electron chi connectivity index (χ3n) is 4.24. The van der Waals surface area contributed by atoms with Gasteiger partial charge in [-0.25, -0.2) is 9.78 Å². The Hall–Kier alpha value is -1.98. The summed E-state index contributed by atoms with van der Waals surface area (Å²) in [5, 5.41) is 0. The zero-order chi connectivity index (χ0) is 19.3. The van der Waals surface area contributed by atoms with Crippen molar-refractivity contribution in [3.05, 3.63) is 17.2 Å². The van der Waals surface area contributed by atoms with Gasteiger partial charge in [-0.05, 0) is 0 Å². The molecule has 0 unspecified atom stereocenters. The summed E-state index contributed by atoms with van der Waals surface area (Å²) in [5.74, 6) is -2.03. The Morgan fingerprint density at radius 3 is 2.70 bits per heavy atom. The van der Waals surface area contributed by atoms with Gasteiger partial charge in [0.1, 0.15) is 6.61 Å². The van der Waals surface area contributed by atoms with Crippen LogP contribution in [0.1, 0.15) is 22.0 Å². The molecule has 3 rings (SSSR count). The van der Waals surface area contributed by atoms with Crippen molar-refractivity contribution >= 4 is 12.2 Å². The highest BCUT2D eigenvalue weighted by Crippen LogP contribution is 2.31. The molecule has 27 heavy (non-hydrogen) atoms. The highest BCUT2D eigenvalue weighted by Gasteiger charge is 2.40. The summed E-state index contributed by atoms with van der Waals surface area (Å²) >= 11 is 0. The first-order valence-corrected chi connectivity index (χ1v) is 8.69. The number of nitrogens with zero attached hydrogens (tertiary/aromatic N) is 4. The lowest BCUT2D eigenvalue weighted by molar-refractivity contribution is -0.147. The number of carbonyl (C=O) groups excluding carboxylic acids is 1. The lowest BCUT2D eigenvalue weighted by atomic mass is 10.3. The van der Waals surface area contributed by atoms with Crippen LogP contribution in [0.25, 0.3) is 0 Å². The maximum Gasteiger partial charge on any atom is 0.449 e. The number of ether oxygens (including phenoxy) is 3. The topological polar surface area (TPSA) is 78.2 Å². The number of alkyl halides is 3. The first-order chi connectivity index (χ1) is 13.0. The minimum Gasteiger partial charge on any atom is -0.458 e. The lowest BCUT2D eigenvalue weighted by Crippen LogP contribution is -2.38. The van der Waals surface area contributed by atoms with Gasteiger partial charge in [0.2, 0.25) is 5.82 Å². The number of aromatic nitrogens is 2. The average Bonchev–Trinajstić information content (AvgIpc) is 3.05. The van der Waals surface area contributed by atoms with E-state index in [9.17, 15) is 18.0 Å². The van der Waals surface area contributed by atoms with Gasteiger partial charge >= 0.3 is 12.1 Å². The van der Waals surface area contributed by atoms with Crippen molar-refractivity contribution in [3.63, 3.8) is 0 Å². The van der Waals surface area contributed by atoms with Crippen molar-refractivity contribution in [1.82, 2.24) is 14.5 Å². The van der Waals surface area contributed by atoms with E-state index >= 15 is 0 Å². The maximum absolute atomic E-state index is 13.1. The summed E-state index contributed by atoms with van der Waals surface area (Å²) in [7, 11) is 0. The maximum atomic E-state index is 13.1. The largest absolute Gasteiger partial charge is 0.458 e. The van der Waals surface area contributed by atoms with Crippen molar-refractivity contribution in [3.8, 4) is 0 Å². The molecule has 0 N–H and O–H groups in total. The smallest absolute Gasteiger partial charge is 0.449 e. The van der Waals surface area contributed by atoms with Crippen LogP contribution in [0.4, 0.5) is 13.2 Å². The minimum atomic E-state index is -4.65. The van der Waals surface area contributed by atoms with Gasteiger partial charge in [0.05, 0.1) is 38.7 Å². The molecule has 0 aliphatic carbocycles. The monoisotopic (exact) mass is 390 g/mol. The molecule has 0 spiro atoms. The molecule has 1 aromatic rings. The number of carbonyl (C=O) groups is 1. The number of esters is 1. The molecule has 0 bridgehead atoms.